The summed E-state index contributed by atoms with van der Waals surface area (Å²) in [5.41, 5.74) is -0.867. The Kier molecular flexibility index (Phi) is 3.52. The summed E-state index contributed by atoms with van der Waals surface area (Å²) >= 11 is 1.43. The van der Waals surface area contributed by atoms with E-state index in [-0.39, 0.29) is 17.5 Å². The van der Waals surface area contributed by atoms with Crippen molar-refractivity contribution in [1.82, 2.24) is 14.8 Å². The van der Waals surface area contributed by atoms with Crippen LogP contribution in [0.2, 0.25) is 0 Å². The third-order valence-electron chi connectivity index (χ3n) is 3.81. The summed E-state index contributed by atoms with van der Waals surface area (Å²) in [7, 11) is 0. The van der Waals surface area contributed by atoms with Crippen LogP contribution in [0.1, 0.15) is 20.3 Å². The molecule has 1 fully saturated rings. The second-order valence-corrected chi connectivity index (χ2v) is 6.80. The molecule has 3 amide bonds. The number of rotatable bonds is 4. The first-order chi connectivity index (χ1) is 10.4. The molecule has 0 saturated carbocycles. The number of thiophene rings is 1. The molecule has 2 aromatic heterocycles. The summed E-state index contributed by atoms with van der Waals surface area (Å²) in [6, 6.07) is 3.46. The third-order valence-corrected chi connectivity index (χ3v) is 4.73. The largest absolute Gasteiger partial charge is 0.325 e. The number of imide groups is 1. The van der Waals surface area contributed by atoms with E-state index in [9.17, 15) is 14.4 Å². The zero-order valence-corrected chi connectivity index (χ0v) is 13.3. The van der Waals surface area contributed by atoms with Crippen molar-refractivity contribution in [3.63, 3.8) is 0 Å². The first-order valence-corrected chi connectivity index (χ1v) is 7.99. The van der Waals surface area contributed by atoms with Crippen LogP contribution in [0.3, 0.4) is 0 Å². The zero-order chi connectivity index (χ0) is 15.9. The van der Waals surface area contributed by atoms with Gasteiger partial charge in [0.25, 0.3) is 11.5 Å². The number of nitrogens with one attached hydrogen (secondary N) is 1. The smallest absolute Gasteiger partial charge is 0.324 e. The van der Waals surface area contributed by atoms with E-state index < -0.39 is 5.54 Å². The van der Waals surface area contributed by atoms with E-state index in [4.69, 9.17) is 0 Å². The first-order valence-electron chi connectivity index (χ1n) is 7.11. The van der Waals surface area contributed by atoms with Gasteiger partial charge >= 0.3 is 6.03 Å². The second-order valence-electron chi connectivity index (χ2n) is 5.88. The summed E-state index contributed by atoms with van der Waals surface area (Å²) in [5.74, 6) is -0.224. The molecule has 1 aliphatic heterocycles. The van der Waals surface area contributed by atoms with Crippen molar-refractivity contribution >= 4 is 33.4 Å². The highest BCUT2D eigenvalue weighted by Crippen LogP contribution is 2.18. The highest BCUT2D eigenvalue weighted by atomic mass is 32.1. The molecule has 0 aliphatic carbocycles. The number of urea groups is 1. The number of aromatic nitrogens is 1. The van der Waals surface area contributed by atoms with Gasteiger partial charge in [-0.05, 0) is 43.2 Å². The van der Waals surface area contributed by atoms with Gasteiger partial charge < -0.3 is 9.88 Å². The van der Waals surface area contributed by atoms with Crippen molar-refractivity contribution in [3.8, 4) is 0 Å². The highest BCUT2D eigenvalue weighted by Gasteiger charge is 2.43. The van der Waals surface area contributed by atoms with Crippen LogP contribution in [-0.2, 0) is 11.3 Å². The van der Waals surface area contributed by atoms with Crippen molar-refractivity contribution in [2.24, 2.45) is 0 Å². The van der Waals surface area contributed by atoms with Gasteiger partial charge in [-0.3, -0.25) is 14.5 Å². The molecule has 1 N–H and O–H groups in total. The van der Waals surface area contributed by atoms with Gasteiger partial charge in [0.2, 0.25) is 0 Å². The summed E-state index contributed by atoms with van der Waals surface area (Å²) in [6.45, 7) is 4.15. The molecule has 1 aliphatic rings. The molecule has 7 heteroatoms. The Bertz CT molecular complexity index is 806. The lowest BCUT2D eigenvalue weighted by molar-refractivity contribution is -0.130. The predicted molar refractivity (Wildman–Crippen MR) is 85.0 cm³/mol. The van der Waals surface area contributed by atoms with Crippen molar-refractivity contribution in [2.45, 2.75) is 32.4 Å². The first kappa shape index (κ1) is 14.8. The maximum Gasteiger partial charge on any atom is 0.325 e. The molecule has 0 atom stereocenters. The molecule has 1 saturated heterocycles. The molecule has 0 bridgehead atoms. The monoisotopic (exact) mass is 319 g/mol. The van der Waals surface area contributed by atoms with Crippen LogP contribution in [0.25, 0.3) is 10.1 Å². The number of hydrogen-bond donors (Lipinski definition) is 1. The van der Waals surface area contributed by atoms with Crippen LogP contribution in [0.5, 0.6) is 0 Å². The van der Waals surface area contributed by atoms with Gasteiger partial charge in [-0.25, -0.2) is 4.79 Å². The van der Waals surface area contributed by atoms with E-state index in [1.54, 1.807) is 24.6 Å². The maximum atomic E-state index is 12.3. The number of hydrogen-bond acceptors (Lipinski definition) is 4. The van der Waals surface area contributed by atoms with Gasteiger partial charge in [-0.15, -0.1) is 11.3 Å². The van der Waals surface area contributed by atoms with E-state index in [0.717, 1.165) is 10.1 Å². The quantitative estimate of drug-likeness (QED) is 0.873. The lowest BCUT2D eigenvalue weighted by atomic mass is 10.1. The lowest BCUT2D eigenvalue weighted by Crippen LogP contribution is -2.40. The lowest BCUT2D eigenvalue weighted by Gasteiger charge is -2.16. The Labute approximate surface area is 131 Å². The summed E-state index contributed by atoms with van der Waals surface area (Å²) in [5, 5.41) is 5.49. The fraction of sp³-hybridized carbons (Fsp3) is 0.400. The Balaban J connectivity index is 1.68. The second kappa shape index (κ2) is 5.24. The Morgan fingerprint density at radius 2 is 1.95 bits per heavy atom. The van der Waals surface area contributed by atoms with Crippen LogP contribution < -0.4 is 10.9 Å². The molecular weight excluding hydrogens is 302 g/mol. The van der Waals surface area contributed by atoms with Crippen molar-refractivity contribution in [3.05, 3.63) is 34.1 Å². The number of nitrogens with zero attached hydrogens (tertiary/aromatic N) is 2. The fourth-order valence-electron chi connectivity index (χ4n) is 2.59. The van der Waals surface area contributed by atoms with Crippen LogP contribution in [0, 0.1) is 0 Å². The minimum Gasteiger partial charge on any atom is -0.324 e. The Morgan fingerprint density at radius 1 is 1.18 bits per heavy atom. The van der Waals surface area contributed by atoms with Crippen molar-refractivity contribution in [2.75, 3.05) is 6.54 Å². The van der Waals surface area contributed by atoms with Gasteiger partial charge in [0, 0.05) is 19.3 Å². The minimum absolute atomic E-state index is 0.0231. The molecule has 2 aromatic rings. The maximum absolute atomic E-state index is 12.3. The van der Waals surface area contributed by atoms with E-state index in [1.165, 1.54) is 16.2 Å². The SMILES string of the molecule is CC1(C)NC(=O)N(CCCn2ccc3ccsc3c2=O)C1=O. The van der Waals surface area contributed by atoms with E-state index in [1.807, 2.05) is 17.5 Å². The number of amides is 3. The molecule has 3 rings (SSSR count). The van der Waals surface area contributed by atoms with Gasteiger partial charge in [0.05, 0.1) is 4.70 Å². The van der Waals surface area contributed by atoms with E-state index in [2.05, 4.69) is 5.32 Å². The standard InChI is InChI=1S/C15H17N3O3S/c1-15(2)13(20)18(14(21)16-15)7-3-6-17-8-4-10-5-9-22-11(10)12(17)19/h4-5,8-9H,3,6-7H2,1-2H3,(H,16,21). The average Bonchev–Trinajstić information content (AvgIpc) is 2.99. The fourth-order valence-corrected chi connectivity index (χ4v) is 3.43. The molecule has 0 unspecified atom stereocenters. The Hall–Kier alpha value is -2.15. The van der Waals surface area contributed by atoms with E-state index >= 15 is 0 Å². The number of aryl methyl sites for hydroxylation is 1. The van der Waals surface area contributed by atoms with Gasteiger partial charge in [-0.1, -0.05) is 0 Å². The number of carbonyl (C=O) groups is 2. The Morgan fingerprint density at radius 3 is 2.64 bits per heavy atom. The molecule has 22 heavy (non-hydrogen) atoms. The summed E-state index contributed by atoms with van der Waals surface area (Å²) in [6.07, 6.45) is 2.30. The molecular formula is C15H17N3O3S. The molecule has 3 heterocycles. The summed E-state index contributed by atoms with van der Waals surface area (Å²) < 4.78 is 2.36. The number of pyridine rings is 1. The van der Waals surface area contributed by atoms with Crippen LogP contribution >= 0.6 is 11.3 Å². The zero-order valence-electron chi connectivity index (χ0n) is 12.5. The molecule has 0 spiro atoms. The minimum atomic E-state index is -0.843. The van der Waals surface area contributed by atoms with Gasteiger partial charge in [0.15, 0.2) is 0 Å². The van der Waals surface area contributed by atoms with Gasteiger partial charge in [-0.2, -0.15) is 0 Å². The van der Waals surface area contributed by atoms with Crippen molar-refractivity contribution in [1.29, 1.82) is 0 Å². The third kappa shape index (κ3) is 2.41. The number of carbonyl (C=O) groups excluding carboxylic acids is 2. The molecule has 0 radical (unpaired) electrons. The summed E-state index contributed by atoms with van der Waals surface area (Å²) in [4.78, 5) is 37.3. The van der Waals surface area contributed by atoms with Gasteiger partial charge in [0.1, 0.15) is 5.54 Å². The molecule has 116 valence electrons. The van der Waals surface area contributed by atoms with Crippen LogP contribution in [0.4, 0.5) is 4.79 Å². The van der Waals surface area contributed by atoms with Crippen LogP contribution in [-0.4, -0.2) is 33.5 Å². The van der Waals surface area contributed by atoms with Crippen molar-refractivity contribution < 1.29 is 9.59 Å². The molecule has 6 nitrogen and oxygen atoms in total. The number of fused-ring (bicyclic) bond motifs is 1. The topological polar surface area (TPSA) is 71.4 Å². The van der Waals surface area contributed by atoms with E-state index in [0.29, 0.717) is 19.5 Å². The predicted octanol–water partition coefficient (Wildman–Crippen LogP) is 1.78. The highest BCUT2D eigenvalue weighted by molar-refractivity contribution is 7.17. The normalized spacial score (nSPS) is 17.3. The van der Waals surface area contributed by atoms with Crippen LogP contribution in [0.15, 0.2) is 28.5 Å². The average molecular weight is 319 g/mol. The molecule has 0 aromatic carbocycles.